The number of aromatic nitrogens is 1. The summed E-state index contributed by atoms with van der Waals surface area (Å²) >= 11 is 0. The van der Waals surface area contributed by atoms with Crippen molar-refractivity contribution in [3.8, 4) is 0 Å². The second-order valence-electron chi connectivity index (χ2n) is 6.32. The van der Waals surface area contributed by atoms with E-state index in [1.165, 1.54) is 9.69 Å². The standard InChI is InChI=1S/C17H16FN3O4/c18-13-7-11-14-10(15(13)19-4-1-2-5-19)3-6-20(9-22)21(14)8-12(16(11)23)17(24)25/h7-9H,1-6H2,(H,24,25). The van der Waals surface area contributed by atoms with Crippen molar-refractivity contribution >= 4 is 29.0 Å². The van der Waals surface area contributed by atoms with Gasteiger partial charge in [0.05, 0.1) is 16.6 Å². The third-order valence-corrected chi connectivity index (χ3v) is 4.94. The van der Waals surface area contributed by atoms with E-state index in [0.717, 1.165) is 38.2 Å². The molecule has 3 heterocycles. The van der Waals surface area contributed by atoms with Crippen molar-refractivity contribution in [3.05, 3.63) is 39.4 Å². The number of benzene rings is 1. The van der Waals surface area contributed by atoms with E-state index in [9.17, 15) is 23.9 Å². The van der Waals surface area contributed by atoms with Gasteiger partial charge in [0, 0.05) is 31.4 Å². The lowest BCUT2D eigenvalue weighted by Gasteiger charge is -2.32. The minimum absolute atomic E-state index is 0.0121. The summed E-state index contributed by atoms with van der Waals surface area (Å²) in [5.41, 5.74) is 0.313. The van der Waals surface area contributed by atoms with E-state index < -0.39 is 22.8 Å². The molecule has 0 radical (unpaired) electrons. The highest BCUT2D eigenvalue weighted by atomic mass is 19.1. The van der Waals surface area contributed by atoms with Crippen LogP contribution in [0.4, 0.5) is 10.1 Å². The molecular formula is C17H16FN3O4. The van der Waals surface area contributed by atoms with E-state index in [2.05, 4.69) is 0 Å². The molecule has 1 fully saturated rings. The van der Waals surface area contributed by atoms with E-state index in [0.29, 0.717) is 29.6 Å². The Hall–Kier alpha value is -2.90. The Balaban J connectivity index is 2.12. The van der Waals surface area contributed by atoms with Gasteiger partial charge in [0.2, 0.25) is 11.8 Å². The van der Waals surface area contributed by atoms with Crippen LogP contribution in [0.3, 0.4) is 0 Å². The van der Waals surface area contributed by atoms with Crippen LogP contribution in [0.5, 0.6) is 0 Å². The van der Waals surface area contributed by atoms with Crippen LogP contribution in [0.1, 0.15) is 28.8 Å². The first-order valence-electron chi connectivity index (χ1n) is 8.14. The van der Waals surface area contributed by atoms with Crippen LogP contribution in [0, 0.1) is 5.82 Å². The predicted molar refractivity (Wildman–Crippen MR) is 89.4 cm³/mol. The predicted octanol–water partition coefficient (Wildman–Crippen LogP) is 1.09. The van der Waals surface area contributed by atoms with Gasteiger partial charge in [-0.25, -0.2) is 9.18 Å². The molecule has 0 unspecified atom stereocenters. The van der Waals surface area contributed by atoms with Gasteiger partial charge in [0.15, 0.2) is 0 Å². The Kier molecular flexibility index (Phi) is 3.48. The Morgan fingerprint density at radius 1 is 1.24 bits per heavy atom. The van der Waals surface area contributed by atoms with Crippen LogP contribution in [-0.4, -0.2) is 41.8 Å². The second-order valence-corrected chi connectivity index (χ2v) is 6.32. The van der Waals surface area contributed by atoms with Crippen molar-refractivity contribution in [1.82, 2.24) is 4.68 Å². The van der Waals surface area contributed by atoms with Crippen LogP contribution in [0.15, 0.2) is 17.1 Å². The molecular weight excluding hydrogens is 329 g/mol. The summed E-state index contributed by atoms with van der Waals surface area (Å²) in [6.07, 6.45) is 4.09. The van der Waals surface area contributed by atoms with Crippen molar-refractivity contribution < 1.29 is 19.1 Å². The number of halogens is 1. The van der Waals surface area contributed by atoms with Crippen LogP contribution in [-0.2, 0) is 11.2 Å². The molecule has 1 aromatic carbocycles. The molecule has 1 saturated heterocycles. The number of anilines is 1. The Labute approximate surface area is 141 Å². The SMILES string of the molecule is O=CN1CCc2c(N3CCCC3)c(F)cc3c(=O)c(C(=O)O)cn1c23. The third kappa shape index (κ3) is 2.20. The van der Waals surface area contributed by atoms with Gasteiger partial charge in [-0.05, 0) is 25.3 Å². The van der Waals surface area contributed by atoms with Gasteiger partial charge in [0.25, 0.3) is 0 Å². The number of carboxylic acids is 1. The van der Waals surface area contributed by atoms with Gasteiger partial charge in [-0.3, -0.25) is 19.3 Å². The molecule has 1 N–H and O–H groups in total. The van der Waals surface area contributed by atoms with Crippen LogP contribution in [0.2, 0.25) is 0 Å². The molecule has 2 aliphatic heterocycles. The molecule has 0 spiro atoms. The van der Waals surface area contributed by atoms with Crippen LogP contribution in [0.25, 0.3) is 10.9 Å². The monoisotopic (exact) mass is 345 g/mol. The van der Waals surface area contributed by atoms with E-state index in [1.807, 2.05) is 4.90 Å². The van der Waals surface area contributed by atoms with Gasteiger partial charge in [-0.1, -0.05) is 0 Å². The van der Waals surface area contributed by atoms with Crippen molar-refractivity contribution in [1.29, 1.82) is 0 Å². The molecule has 1 amide bonds. The van der Waals surface area contributed by atoms with E-state index in [1.54, 1.807) is 0 Å². The molecule has 0 bridgehead atoms. The van der Waals surface area contributed by atoms with Crippen molar-refractivity contribution in [2.75, 3.05) is 29.5 Å². The largest absolute Gasteiger partial charge is 0.477 e. The second kappa shape index (κ2) is 5.58. The molecule has 1 aromatic heterocycles. The highest BCUT2D eigenvalue weighted by Gasteiger charge is 2.29. The fourth-order valence-corrected chi connectivity index (χ4v) is 3.82. The van der Waals surface area contributed by atoms with Crippen molar-refractivity contribution in [2.45, 2.75) is 19.3 Å². The van der Waals surface area contributed by atoms with Crippen molar-refractivity contribution in [3.63, 3.8) is 0 Å². The number of amides is 1. The Bertz CT molecular complexity index is 963. The number of nitrogens with zero attached hydrogens (tertiary/aromatic N) is 3. The highest BCUT2D eigenvalue weighted by molar-refractivity contribution is 5.96. The first-order chi connectivity index (χ1) is 12.0. The maximum Gasteiger partial charge on any atom is 0.341 e. The average Bonchev–Trinajstić information content (AvgIpc) is 3.11. The van der Waals surface area contributed by atoms with Crippen LogP contribution < -0.4 is 15.3 Å². The number of aromatic carboxylic acids is 1. The molecule has 25 heavy (non-hydrogen) atoms. The quantitative estimate of drug-likeness (QED) is 0.842. The van der Waals surface area contributed by atoms with Gasteiger partial charge < -0.3 is 10.0 Å². The lowest BCUT2D eigenvalue weighted by atomic mass is 9.99. The number of carbonyl (C=O) groups excluding carboxylic acids is 1. The Morgan fingerprint density at radius 3 is 2.60 bits per heavy atom. The maximum absolute atomic E-state index is 14.8. The molecule has 2 aliphatic rings. The summed E-state index contributed by atoms with van der Waals surface area (Å²) in [5, 5.41) is 10.6. The molecule has 0 aliphatic carbocycles. The zero-order chi connectivity index (χ0) is 17.7. The summed E-state index contributed by atoms with van der Waals surface area (Å²) in [7, 11) is 0. The van der Waals surface area contributed by atoms with Crippen molar-refractivity contribution in [2.24, 2.45) is 0 Å². The number of hydrogen-bond acceptors (Lipinski definition) is 4. The van der Waals surface area contributed by atoms with Gasteiger partial charge in [-0.2, -0.15) is 0 Å². The summed E-state index contributed by atoms with van der Waals surface area (Å²) in [6, 6.07) is 1.10. The number of pyridine rings is 1. The highest BCUT2D eigenvalue weighted by Crippen LogP contribution is 2.35. The Morgan fingerprint density at radius 2 is 1.96 bits per heavy atom. The molecule has 2 aromatic rings. The molecule has 7 nitrogen and oxygen atoms in total. The molecule has 4 rings (SSSR count). The normalized spacial score (nSPS) is 16.5. The summed E-state index contributed by atoms with van der Waals surface area (Å²) in [5.74, 6) is -1.92. The zero-order valence-electron chi connectivity index (χ0n) is 13.4. The first kappa shape index (κ1) is 15.6. The minimum Gasteiger partial charge on any atom is -0.477 e. The van der Waals surface area contributed by atoms with E-state index in [-0.39, 0.29) is 11.9 Å². The fraction of sp³-hybridized carbons (Fsp3) is 0.353. The van der Waals surface area contributed by atoms with Crippen LogP contribution >= 0.6 is 0 Å². The minimum atomic E-state index is -1.40. The van der Waals surface area contributed by atoms with E-state index >= 15 is 0 Å². The topological polar surface area (TPSA) is 82.8 Å². The number of rotatable bonds is 3. The zero-order valence-corrected chi connectivity index (χ0v) is 13.4. The summed E-state index contributed by atoms with van der Waals surface area (Å²) in [4.78, 5) is 37.2. The lowest BCUT2D eigenvalue weighted by Crippen LogP contribution is -2.41. The fourth-order valence-electron chi connectivity index (χ4n) is 3.82. The maximum atomic E-state index is 14.8. The van der Waals surface area contributed by atoms with E-state index in [4.69, 9.17) is 0 Å². The molecule has 8 heteroatoms. The van der Waals surface area contributed by atoms with Gasteiger partial charge in [0.1, 0.15) is 11.4 Å². The number of hydrogen-bond donors (Lipinski definition) is 1. The summed E-state index contributed by atoms with van der Waals surface area (Å²) in [6.45, 7) is 1.77. The third-order valence-electron chi connectivity index (χ3n) is 4.94. The first-order valence-corrected chi connectivity index (χ1v) is 8.14. The van der Waals surface area contributed by atoms with Gasteiger partial charge in [-0.15, -0.1) is 0 Å². The number of carbonyl (C=O) groups is 2. The number of carboxylic acid groups (broad SMARTS) is 1. The lowest BCUT2D eigenvalue weighted by molar-refractivity contribution is -0.108. The molecule has 130 valence electrons. The van der Waals surface area contributed by atoms with Gasteiger partial charge >= 0.3 is 5.97 Å². The smallest absolute Gasteiger partial charge is 0.341 e. The molecule has 0 atom stereocenters. The summed E-state index contributed by atoms with van der Waals surface area (Å²) < 4.78 is 16.2. The molecule has 0 saturated carbocycles. The average molecular weight is 345 g/mol.